The smallest absolute Gasteiger partial charge is 0.229 e. The molecule has 2 saturated heterocycles. The second kappa shape index (κ2) is 12.5. The van der Waals surface area contributed by atoms with Crippen molar-refractivity contribution in [3.8, 4) is 11.5 Å². The first kappa shape index (κ1) is 32.3. The van der Waals surface area contributed by atoms with Gasteiger partial charge in [-0.3, -0.25) is 0 Å². The highest BCUT2D eigenvalue weighted by atomic mass is 16.7. The van der Waals surface area contributed by atoms with Crippen molar-refractivity contribution in [2.75, 3.05) is 20.3 Å². The molecule has 0 aromatic heterocycles. The van der Waals surface area contributed by atoms with Gasteiger partial charge in [-0.2, -0.15) is 0 Å². The predicted molar refractivity (Wildman–Crippen MR) is 151 cm³/mol. The molecule has 0 radical (unpaired) electrons. The third kappa shape index (κ3) is 5.33. The van der Waals surface area contributed by atoms with Crippen LogP contribution in [0.4, 0.5) is 0 Å². The number of fused-ring (bicyclic) bond motifs is 5. The van der Waals surface area contributed by atoms with Crippen LogP contribution in [-0.2, 0) is 20.6 Å². The van der Waals surface area contributed by atoms with Crippen molar-refractivity contribution in [1.82, 2.24) is 0 Å². The van der Waals surface area contributed by atoms with Gasteiger partial charge in [0.2, 0.25) is 6.29 Å². The first-order valence-corrected chi connectivity index (χ1v) is 15.7. The first-order chi connectivity index (χ1) is 21.0. The number of benzene rings is 1. The molecular formula is C31H46O13. The van der Waals surface area contributed by atoms with Crippen molar-refractivity contribution in [2.24, 2.45) is 17.3 Å². The fraction of sp³-hybridized carbons (Fsp3) is 0.806. The van der Waals surface area contributed by atoms with Crippen LogP contribution in [0.15, 0.2) is 12.1 Å². The quantitative estimate of drug-likeness (QED) is 0.181. The summed E-state index contributed by atoms with van der Waals surface area (Å²) in [5.74, 6) is 1.79. The predicted octanol–water partition coefficient (Wildman–Crippen LogP) is -1.08. The van der Waals surface area contributed by atoms with Crippen LogP contribution < -0.4 is 9.47 Å². The van der Waals surface area contributed by atoms with Crippen LogP contribution in [0, 0.1) is 17.3 Å². The van der Waals surface area contributed by atoms with Gasteiger partial charge in [-0.15, -0.1) is 0 Å². The van der Waals surface area contributed by atoms with Crippen molar-refractivity contribution >= 4 is 0 Å². The summed E-state index contributed by atoms with van der Waals surface area (Å²) in [7, 11) is 1.53. The van der Waals surface area contributed by atoms with Crippen molar-refractivity contribution in [3.63, 3.8) is 0 Å². The van der Waals surface area contributed by atoms with Gasteiger partial charge in [0, 0.05) is 0 Å². The Bertz CT molecular complexity index is 1160. The van der Waals surface area contributed by atoms with E-state index in [-0.39, 0.29) is 17.4 Å². The SMILES string of the molecule is COc1cc2c(cc1O[C@@H]1O[C@H](CO)[C@H](O)[C@H](O)[C@H]1O)CC[C@@H]1[C@@H]2CC[C@]2(C)[C@@H](O[C@@H]3O[C@H](CO)[C@H](O)[C@H](O)[C@H]3O)CC[C@@H]12. The van der Waals surface area contributed by atoms with Crippen LogP contribution in [0.5, 0.6) is 11.5 Å². The van der Waals surface area contributed by atoms with Gasteiger partial charge >= 0.3 is 0 Å². The second-order valence-corrected chi connectivity index (χ2v) is 13.4. The van der Waals surface area contributed by atoms with Crippen molar-refractivity contribution < 1.29 is 64.5 Å². The molecule has 6 rings (SSSR count). The molecule has 13 heteroatoms. The third-order valence-electron chi connectivity index (χ3n) is 11.2. The van der Waals surface area contributed by atoms with Gasteiger partial charge in [0.05, 0.1) is 26.4 Å². The lowest BCUT2D eigenvalue weighted by Crippen LogP contribution is -2.60. The van der Waals surface area contributed by atoms with E-state index in [1.54, 1.807) is 0 Å². The molecule has 44 heavy (non-hydrogen) atoms. The van der Waals surface area contributed by atoms with Crippen LogP contribution in [-0.4, -0.2) is 129 Å². The number of methoxy groups -OCH3 is 1. The molecule has 0 amide bonds. The van der Waals surface area contributed by atoms with Crippen LogP contribution in [0.25, 0.3) is 0 Å². The first-order valence-electron chi connectivity index (χ1n) is 15.7. The summed E-state index contributed by atoms with van der Waals surface area (Å²) < 4.78 is 29.2. The molecule has 2 aliphatic heterocycles. The summed E-state index contributed by atoms with van der Waals surface area (Å²) in [5.41, 5.74) is 2.09. The van der Waals surface area contributed by atoms with Crippen molar-refractivity contribution in [1.29, 1.82) is 0 Å². The largest absolute Gasteiger partial charge is 0.493 e. The van der Waals surface area contributed by atoms with E-state index in [0.717, 1.165) is 44.1 Å². The Morgan fingerprint density at radius 2 is 1.41 bits per heavy atom. The number of hydrogen-bond acceptors (Lipinski definition) is 13. The Hall–Kier alpha value is -1.62. The zero-order valence-electron chi connectivity index (χ0n) is 25.0. The molecule has 0 unspecified atom stereocenters. The molecule has 4 fully saturated rings. The van der Waals surface area contributed by atoms with E-state index in [9.17, 15) is 40.9 Å². The number of ether oxygens (including phenoxy) is 5. The topological polar surface area (TPSA) is 208 Å². The van der Waals surface area contributed by atoms with E-state index >= 15 is 0 Å². The summed E-state index contributed by atoms with van der Waals surface area (Å²) in [5, 5.41) is 80.9. The number of hydrogen-bond donors (Lipinski definition) is 8. The maximum Gasteiger partial charge on any atom is 0.229 e. The summed E-state index contributed by atoms with van der Waals surface area (Å²) in [6.45, 7) is 1.17. The third-order valence-corrected chi connectivity index (χ3v) is 11.2. The van der Waals surface area contributed by atoms with Crippen molar-refractivity contribution in [3.05, 3.63) is 23.3 Å². The Morgan fingerprint density at radius 3 is 2.05 bits per heavy atom. The maximum absolute atomic E-state index is 10.6. The lowest BCUT2D eigenvalue weighted by Gasteiger charge is -2.51. The normalized spacial score (nSPS) is 47.0. The summed E-state index contributed by atoms with van der Waals surface area (Å²) in [6.07, 6.45) is -8.50. The zero-order valence-corrected chi connectivity index (χ0v) is 25.0. The minimum Gasteiger partial charge on any atom is -0.493 e. The number of aliphatic hydroxyl groups excluding tert-OH is 8. The molecule has 248 valence electrons. The van der Waals surface area contributed by atoms with Crippen LogP contribution in [0.1, 0.15) is 56.1 Å². The van der Waals surface area contributed by atoms with Gasteiger partial charge < -0.3 is 64.5 Å². The summed E-state index contributed by atoms with van der Waals surface area (Å²) >= 11 is 0. The van der Waals surface area contributed by atoms with Gasteiger partial charge in [-0.1, -0.05) is 6.92 Å². The Labute approximate surface area is 255 Å². The second-order valence-electron chi connectivity index (χ2n) is 13.4. The van der Waals surface area contributed by atoms with Crippen LogP contribution in [0.3, 0.4) is 0 Å². The number of aryl methyl sites for hydroxylation is 1. The molecule has 2 heterocycles. The van der Waals surface area contributed by atoms with Gasteiger partial charge in [0.25, 0.3) is 0 Å². The molecule has 0 bridgehead atoms. The molecular weight excluding hydrogens is 580 g/mol. The highest BCUT2D eigenvalue weighted by Gasteiger charge is 2.57. The molecule has 15 atom stereocenters. The van der Waals surface area contributed by atoms with Gasteiger partial charge in [0.15, 0.2) is 17.8 Å². The van der Waals surface area contributed by atoms with Gasteiger partial charge in [0.1, 0.15) is 48.8 Å². The van der Waals surface area contributed by atoms with E-state index in [4.69, 9.17) is 23.7 Å². The molecule has 5 aliphatic rings. The highest BCUT2D eigenvalue weighted by Crippen LogP contribution is 2.62. The average molecular weight is 627 g/mol. The molecule has 1 aromatic rings. The van der Waals surface area contributed by atoms with E-state index in [2.05, 4.69) is 6.92 Å². The number of aliphatic hydroxyl groups is 8. The molecule has 8 N–H and O–H groups in total. The lowest BCUT2D eigenvalue weighted by atomic mass is 9.55. The zero-order chi connectivity index (χ0) is 31.5. The minimum absolute atomic E-state index is 0.187. The van der Waals surface area contributed by atoms with Crippen LogP contribution >= 0.6 is 0 Å². The van der Waals surface area contributed by atoms with Crippen LogP contribution in [0.2, 0.25) is 0 Å². The fourth-order valence-corrected chi connectivity index (χ4v) is 8.64. The molecule has 13 nitrogen and oxygen atoms in total. The van der Waals surface area contributed by atoms with E-state index in [0.29, 0.717) is 23.3 Å². The molecule has 0 spiro atoms. The standard InChI is InChI=1S/C31H46O13/c1-31-8-7-14-15(17(31)5-6-22(31)44-30-28(39)26(37)24(35)21(12-33)43-30)4-3-13-9-19(18(40-2)10-16(13)14)41-29-27(38)25(36)23(34)20(11-32)42-29/h9-10,14-15,17,20-30,32-39H,3-8,11-12H2,1-2H3/t14-,15+,17-,20+,21+,22-,23-,24-,25-,26-,27+,28+,29+,30-,31-/m0/s1. The fourth-order valence-electron chi connectivity index (χ4n) is 8.64. The monoisotopic (exact) mass is 626 g/mol. The van der Waals surface area contributed by atoms with E-state index in [1.807, 2.05) is 12.1 Å². The van der Waals surface area contributed by atoms with Crippen molar-refractivity contribution in [2.45, 2.75) is 119 Å². The maximum atomic E-state index is 10.6. The summed E-state index contributed by atoms with van der Waals surface area (Å²) in [4.78, 5) is 0. The van der Waals surface area contributed by atoms with E-state index < -0.39 is 74.6 Å². The number of rotatable bonds is 7. The summed E-state index contributed by atoms with van der Waals surface area (Å²) in [6, 6.07) is 3.87. The lowest BCUT2D eigenvalue weighted by molar-refractivity contribution is -0.319. The molecule has 1 aromatic carbocycles. The Balaban J connectivity index is 1.18. The van der Waals surface area contributed by atoms with Gasteiger partial charge in [-0.25, -0.2) is 0 Å². The molecule has 3 aliphatic carbocycles. The molecule has 2 saturated carbocycles. The minimum atomic E-state index is -1.55. The van der Waals surface area contributed by atoms with E-state index in [1.165, 1.54) is 12.7 Å². The average Bonchev–Trinajstić information content (AvgIpc) is 3.36. The Kier molecular flexibility index (Phi) is 9.21. The highest BCUT2D eigenvalue weighted by molar-refractivity contribution is 5.50. The van der Waals surface area contributed by atoms with Gasteiger partial charge in [-0.05, 0) is 85.0 Å². The Morgan fingerprint density at radius 1 is 0.773 bits per heavy atom.